The molecule has 1 saturated carbocycles. The largest absolute Gasteiger partial charge is 0.368 e. The number of benzene rings is 2. The standard InChI is InChI=1S/C25H28F2N2O4S/c1-2-34(31,32)28-23-20(29(15-25(23)11-12-25)24(30)21-10-13-33-21)14-16-6-5-8-18(22(16)27)17-7-3-4-9-19(17)26/h3-9,20-21,23,28H,2,10-15H2,1H3/t20-,21+,23+/m0/s1. The fraction of sp³-hybridized carbons (Fsp3) is 0.480. The molecule has 182 valence electrons. The zero-order valence-electron chi connectivity index (χ0n) is 19.0. The Morgan fingerprint density at radius 2 is 1.85 bits per heavy atom. The van der Waals surface area contributed by atoms with Gasteiger partial charge in [-0.15, -0.1) is 0 Å². The van der Waals surface area contributed by atoms with Gasteiger partial charge in [-0.2, -0.15) is 0 Å². The molecule has 2 aliphatic heterocycles. The highest BCUT2D eigenvalue weighted by Gasteiger charge is 2.61. The molecule has 0 radical (unpaired) electrons. The van der Waals surface area contributed by atoms with Crippen LogP contribution in [0.3, 0.4) is 0 Å². The summed E-state index contributed by atoms with van der Waals surface area (Å²) in [4.78, 5) is 14.9. The Morgan fingerprint density at radius 3 is 2.47 bits per heavy atom. The van der Waals surface area contributed by atoms with Crippen LogP contribution in [0.2, 0.25) is 0 Å². The SMILES string of the molecule is CCS(=O)(=O)N[C@@H]1[C@H](Cc2cccc(-c3ccccc3F)c2F)N(C(=O)[C@H]2CCO2)CC12CC2. The summed E-state index contributed by atoms with van der Waals surface area (Å²) >= 11 is 0. The Labute approximate surface area is 198 Å². The molecule has 2 aromatic carbocycles. The summed E-state index contributed by atoms with van der Waals surface area (Å²) in [5.41, 5.74) is 0.273. The number of hydrogen-bond acceptors (Lipinski definition) is 4. The Kier molecular flexibility index (Phi) is 5.98. The second kappa shape index (κ2) is 8.70. The molecule has 2 heterocycles. The molecule has 3 atom stereocenters. The van der Waals surface area contributed by atoms with Crippen LogP contribution < -0.4 is 4.72 Å². The topological polar surface area (TPSA) is 75.7 Å². The highest BCUT2D eigenvalue weighted by molar-refractivity contribution is 7.89. The minimum Gasteiger partial charge on any atom is -0.368 e. The molecule has 5 rings (SSSR count). The maximum atomic E-state index is 15.7. The Balaban J connectivity index is 1.52. The lowest BCUT2D eigenvalue weighted by atomic mass is 9.91. The van der Waals surface area contributed by atoms with E-state index in [0.29, 0.717) is 25.1 Å². The van der Waals surface area contributed by atoms with Gasteiger partial charge in [-0.3, -0.25) is 4.79 Å². The molecule has 9 heteroatoms. The number of hydrogen-bond donors (Lipinski definition) is 1. The van der Waals surface area contributed by atoms with Gasteiger partial charge in [0.2, 0.25) is 10.0 Å². The molecule has 1 N–H and O–H groups in total. The van der Waals surface area contributed by atoms with E-state index in [4.69, 9.17) is 4.74 Å². The van der Waals surface area contributed by atoms with Gasteiger partial charge in [-0.05, 0) is 37.8 Å². The van der Waals surface area contributed by atoms with E-state index < -0.39 is 39.8 Å². The average molecular weight is 491 g/mol. The van der Waals surface area contributed by atoms with E-state index in [1.807, 2.05) is 0 Å². The van der Waals surface area contributed by atoms with Crippen LogP contribution in [0, 0.1) is 17.0 Å². The number of amides is 1. The summed E-state index contributed by atoms with van der Waals surface area (Å²) in [5, 5.41) is 0. The second-order valence-corrected chi connectivity index (χ2v) is 11.5. The van der Waals surface area contributed by atoms with Crippen molar-refractivity contribution in [1.29, 1.82) is 0 Å². The monoisotopic (exact) mass is 490 g/mol. The van der Waals surface area contributed by atoms with E-state index in [-0.39, 0.29) is 34.6 Å². The van der Waals surface area contributed by atoms with E-state index in [0.717, 1.165) is 12.8 Å². The molecule has 0 unspecified atom stereocenters. The number of likely N-dealkylation sites (tertiary alicyclic amines) is 1. The van der Waals surface area contributed by atoms with Crippen molar-refractivity contribution in [3.05, 3.63) is 59.7 Å². The summed E-state index contributed by atoms with van der Waals surface area (Å²) in [6, 6.07) is 9.72. The number of nitrogens with one attached hydrogen (secondary N) is 1. The van der Waals surface area contributed by atoms with Gasteiger partial charge in [-0.1, -0.05) is 36.4 Å². The Hall–Kier alpha value is -2.36. The average Bonchev–Trinajstić information content (AvgIpc) is 3.50. The van der Waals surface area contributed by atoms with Crippen LogP contribution in [0.5, 0.6) is 0 Å². The number of nitrogens with zero attached hydrogens (tertiary/aromatic N) is 1. The molecule has 0 bridgehead atoms. The molecular formula is C25H28F2N2O4S. The van der Waals surface area contributed by atoms with E-state index in [2.05, 4.69) is 4.72 Å². The minimum atomic E-state index is -3.55. The van der Waals surface area contributed by atoms with Crippen molar-refractivity contribution < 1.29 is 26.7 Å². The van der Waals surface area contributed by atoms with Crippen LogP contribution in [0.1, 0.15) is 31.7 Å². The summed E-state index contributed by atoms with van der Waals surface area (Å²) in [6.07, 6.45) is 1.80. The molecule has 0 aromatic heterocycles. The highest BCUT2D eigenvalue weighted by atomic mass is 32.2. The zero-order chi connectivity index (χ0) is 24.1. The number of rotatable bonds is 7. The number of carbonyl (C=O) groups excluding carboxylic acids is 1. The summed E-state index contributed by atoms with van der Waals surface area (Å²) in [6.45, 7) is 2.50. The number of halogens is 2. The molecule has 3 aliphatic rings. The molecule has 1 spiro atoms. The third kappa shape index (κ3) is 4.14. The van der Waals surface area contributed by atoms with Crippen molar-refractivity contribution >= 4 is 15.9 Å². The third-order valence-electron chi connectivity index (χ3n) is 7.44. The van der Waals surface area contributed by atoms with Gasteiger partial charge in [0, 0.05) is 35.5 Å². The van der Waals surface area contributed by atoms with E-state index >= 15 is 4.39 Å². The summed E-state index contributed by atoms with van der Waals surface area (Å²) in [5.74, 6) is -1.34. The van der Waals surface area contributed by atoms with Crippen molar-refractivity contribution in [1.82, 2.24) is 9.62 Å². The van der Waals surface area contributed by atoms with Crippen molar-refractivity contribution in [3.63, 3.8) is 0 Å². The fourth-order valence-corrected chi connectivity index (χ4v) is 6.15. The smallest absolute Gasteiger partial charge is 0.252 e. The normalized spacial score (nSPS) is 25.4. The molecule has 2 aromatic rings. The second-order valence-electron chi connectivity index (χ2n) is 9.51. The lowest BCUT2D eigenvalue weighted by Crippen LogP contribution is -2.53. The molecule has 2 saturated heterocycles. The molecule has 6 nitrogen and oxygen atoms in total. The van der Waals surface area contributed by atoms with Crippen molar-refractivity contribution in [3.8, 4) is 11.1 Å². The molecule has 1 aliphatic carbocycles. The van der Waals surface area contributed by atoms with E-state index in [9.17, 15) is 17.6 Å². The van der Waals surface area contributed by atoms with Crippen LogP contribution in [-0.2, 0) is 26.0 Å². The van der Waals surface area contributed by atoms with Crippen LogP contribution in [0.25, 0.3) is 11.1 Å². The predicted molar refractivity (Wildman–Crippen MR) is 123 cm³/mol. The van der Waals surface area contributed by atoms with Crippen LogP contribution in [0.4, 0.5) is 8.78 Å². The molecule has 34 heavy (non-hydrogen) atoms. The van der Waals surface area contributed by atoms with Crippen LogP contribution >= 0.6 is 0 Å². The first kappa shape index (κ1) is 23.4. The Bertz CT molecular complexity index is 1210. The van der Waals surface area contributed by atoms with Crippen molar-refractivity contribution in [2.45, 2.75) is 50.8 Å². The first-order chi connectivity index (χ1) is 16.2. The summed E-state index contributed by atoms with van der Waals surface area (Å²) < 4.78 is 63.3. The lowest BCUT2D eigenvalue weighted by molar-refractivity contribution is -0.157. The van der Waals surface area contributed by atoms with Gasteiger partial charge in [-0.25, -0.2) is 21.9 Å². The highest BCUT2D eigenvalue weighted by Crippen LogP contribution is 2.56. The van der Waals surface area contributed by atoms with Crippen LogP contribution in [-0.4, -0.2) is 56.3 Å². The first-order valence-electron chi connectivity index (χ1n) is 11.7. The number of ether oxygens (including phenoxy) is 1. The van der Waals surface area contributed by atoms with Crippen LogP contribution in [0.15, 0.2) is 42.5 Å². The van der Waals surface area contributed by atoms with Gasteiger partial charge in [0.1, 0.15) is 17.7 Å². The maximum Gasteiger partial charge on any atom is 0.252 e. The van der Waals surface area contributed by atoms with Gasteiger partial charge in [0.25, 0.3) is 5.91 Å². The van der Waals surface area contributed by atoms with Crippen molar-refractivity contribution in [2.24, 2.45) is 5.41 Å². The quantitative estimate of drug-likeness (QED) is 0.647. The third-order valence-corrected chi connectivity index (χ3v) is 8.81. The molecule has 1 amide bonds. The number of sulfonamides is 1. The van der Waals surface area contributed by atoms with Gasteiger partial charge in [0.15, 0.2) is 0 Å². The van der Waals surface area contributed by atoms with Gasteiger partial charge >= 0.3 is 0 Å². The molecular weight excluding hydrogens is 462 g/mol. The summed E-state index contributed by atoms with van der Waals surface area (Å²) in [7, 11) is -3.55. The predicted octanol–water partition coefficient (Wildman–Crippen LogP) is 3.26. The zero-order valence-corrected chi connectivity index (χ0v) is 19.8. The first-order valence-corrected chi connectivity index (χ1v) is 13.3. The van der Waals surface area contributed by atoms with Gasteiger partial charge < -0.3 is 9.64 Å². The Morgan fingerprint density at radius 1 is 1.15 bits per heavy atom. The molecule has 3 fully saturated rings. The van der Waals surface area contributed by atoms with Crippen molar-refractivity contribution in [2.75, 3.05) is 18.9 Å². The maximum absolute atomic E-state index is 15.7. The van der Waals surface area contributed by atoms with E-state index in [1.54, 1.807) is 36.1 Å². The van der Waals surface area contributed by atoms with Gasteiger partial charge in [0.05, 0.1) is 18.4 Å². The number of carbonyl (C=O) groups is 1. The lowest BCUT2D eigenvalue weighted by Gasteiger charge is -2.34. The minimum absolute atomic E-state index is 0.0802. The van der Waals surface area contributed by atoms with E-state index in [1.165, 1.54) is 18.2 Å². The fourth-order valence-electron chi connectivity index (χ4n) is 5.19.